The van der Waals surface area contributed by atoms with Gasteiger partial charge in [0.05, 0.1) is 9.82 Å². The summed E-state index contributed by atoms with van der Waals surface area (Å²) in [6.07, 6.45) is -1.41. The first-order valence-electron chi connectivity index (χ1n) is 5.38. The number of nitrogens with one attached hydrogen (secondary N) is 1. The smallest absolute Gasteiger partial charge is 0.334 e. The summed E-state index contributed by atoms with van der Waals surface area (Å²) in [5.74, 6) is -2.69. The molecule has 0 radical (unpaired) electrons. The van der Waals surface area contributed by atoms with Crippen molar-refractivity contribution in [2.45, 2.75) is 11.0 Å². The molecule has 1 aromatic rings. The van der Waals surface area contributed by atoms with Gasteiger partial charge < -0.3 is 9.84 Å². The van der Waals surface area contributed by atoms with Gasteiger partial charge in [-0.05, 0) is 6.07 Å². The van der Waals surface area contributed by atoms with Gasteiger partial charge in [-0.1, -0.05) is 0 Å². The summed E-state index contributed by atoms with van der Waals surface area (Å²) in [6.45, 7) is -0.577. The van der Waals surface area contributed by atoms with E-state index in [2.05, 4.69) is 4.74 Å². The van der Waals surface area contributed by atoms with E-state index in [1.165, 1.54) is 0 Å². The minimum atomic E-state index is -4.22. The van der Waals surface area contributed by atoms with Gasteiger partial charge in [-0.15, -0.1) is 0 Å². The number of sulfonamides is 1. The molecule has 11 heteroatoms. The Morgan fingerprint density at radius 2 is 2.19 bits per heavy atom. The number of nitro benzene ring substituents is 1. The van der Waals surface area contributed by atoms with E-state index in [0.717, 1.165) is 13.2 Å². The number of ether oxygens (including phenoxy) is 1. The molecule has 21 heavy (non-hydrogen) atoms. The van der Waals surface area contributed by atoms with Crippen LogP contribution in [0.2, 0.25) is 0 Å². The molecule has 0 heterocycles. The minimum absolute atomic E-state index is 0.475. The van der Waals surface area contributed by atoms with Crippen LogP contribution in [0.1, 0.15) is 0 Å². The van der Waals surface area contributed by atoms with Gasteiger partial charge in [0.2, 0.25) is 15.8 Å². The predicted molar refractivity (Wildman–Crippen MR) is 66.7 cm³/mol. The highest BCUT2D eigenvalue weighted by atomic mass is 32.2. The highest BCUT2D eigenvalue weighted by Crippen LogP contribution is 2.20. The van der Waals surface area contributed by atoms with Crippen molar-refractivity contribution in [2.75, 3.05) is 13.7 Å². The third kappa shape index (κ3) is 4.18. The molecule has 1 unspecified atom stereocenters. The summed E-state index contributed by atoms with van der Waals surface area (Å²) < 4.78 is 43.4. The maximum Gasteiger partial charge on any atom is 0.334 e. The van der Waals surface area contributed by atoms with Crippen molar-refractivity contribution in [1.82, 2.24) is 4.72 Å². The molecule has 0 aromatic heterocycles. The summed E-state index contributed by atoms with van der Waals surface area (Å²) in [6, 6.07) is 2.02. The topological polar surface area (TPSA) is 136 Å². The van der Waals surface area contributed by atoms with E-state index >= 15 is 0 Å². The van der Waals surface area contributed by atoms with E-state index in [-0.39, 0.29) is 0 Å². The van der Waals surface area contributed by atoms with Crippen molar-refractivity contribution in [3.8, 4) is 0 Å². The Labute approximate surface area is 118 Å². The van der Waals surface area contributed by atoms with Crippen molar-refractivity contribution in [3.05, 3.63) is 34.1 Å². The first kappa shape index (κ1) is 16.9. The fraction of sp³-hybridized carbons (Fsp3) is 0.300. The van der Waals surface area contributed by atoms with E-state index in [1.54, 1.807) is 0 Å². The molecule has 1 rings (SSSR count). The van der Waals surface area contributed by atoms with Crippen molar-refractivity contribution in [2.24, 2.45) is 0 Å². The highest BCUT2D eigenvalue weighted by Gasteiger charge is 2.23. The molecule has 0 amide bonds. The standard InChI is InChI=1S/C10H11FN2O7S/c1-20-9(10(14)15)5-12-21(18,19)6-2-3-8(13(16)17)7(11)4-6/h2-4,9,12H,5H2,1H3,(H,14,15). The Bertz CT molecular complexity index is 661. The van der Waals surface area contributed by atoms with Gasteiger partial charge in [0.1, 0.15) is 0 Å². The molecule has 0 bridgehead atoms. The van der Waals surface area contributed by atoms with E-state index in [0.29, 0.717) is 12.1 Å². The Balaban J connectivity index is 2.96. The summed E-state index contributed by atoms with van der Waals surface area (Å²) >= 11 is 0. The normalized spacial score (nSPS) is 12.9. The van der Waals surface area contributed by atoms with Crippen LogP contribution in [0.25, 0.3) is 0 Å². The van der Waals surface area contributed by atoms with Crippen LogP contribution in [0.3, 0.4) is 0 Å². The summed E-state index contributed by atoms with van der Waals surface area (Å²) in [5, 5.41) is 19.1. The third-order valence-corrected chi connectivity index (χ3v) is 3.87. The monoisotopic (exact) mass is 322 g/mol. The number of carboxylic acids is 1. The minimum Gasteiger partial charge on any atom is -0.479 e. The summed E-state index contributed by atoms with van der Waals surface area (Å²) in [4.78, 5) is 19.5. The SMILES string of the molecule is COC(CNS(=O)(=O)c1ccc([N+](=O)[O-])c(F)c1)C(=O)O. The van der Waals surface area contributed by atoms with E-state index in [1.807, 2.05) is 4.72 Å². The van der Waals surface area contributed by atoms with Crippen LogP contribution in [0.4, 0.5) is 10.1 Å². The molecule has 0 aliphatic rings. The second-order valence-electron chi connectivity index (χ2n) is 3.78. The van der Waals surface area contributed by atoms with Gasteiger partial charge in [0.15, 0.2) is 6.10 Å². The van der Waals surface area contributed by atoms with Gasteiger partial charge in [-0.3, -0.25) is 10.1 Å². The second-order valence-corrected chi connectivity index (χ2v) is 5.55. The van der Waals surface area contributed by atoms with Crippen molar-refractivity contribution >= 4 is 21.7 Å². The van der Waals surface area contributed by atoms with Crippen LogP contribution in [0, 0.1) is 15.9 Å². The van der Waals surface area contributed by atoms with E-state index in [4.69, 9.17) is 5.11 Å². The number of methoxy groups -OCH3 is 1. The van der Waals surface area contributed by atoms with Crippen LogP contribution in [-0.2, 0) is 19.6 Å². The summed E-state index contributed by atoms with van der Waals surface area (Å²) in [5.41, 5.74) is -0.866. The molecule has 1 aromatic carbocycles. The average molecular weight is 322 g/mol. The molecule has 9 nitrogen and oxygen atoms in total. The van der Waals surface area contributed by atoms with Gasteiger partial charge >= 0.3 is 11.7 Å². The number of hydrogen-bond donors (Lipinski definition) is 2. The lowest BCUT2D eigenvalue weighted by Gasteiger charge is -2.12. The zero-order valence-corrected chi connectivity index (χ0v) is 11.5. The lowest BCUT2D eigenvalue weighted by Crippen LogP contribution is -2.37. The van der Waals surface area contributed by atoms with Crippen molar-refractivity contribution < 1.29 is 32.4 Å². The quantitative estimate of drug-likeness (QED) is 0.537. The zero-order valence-electron chi connectivity index (χ0n) is 10.6. The van der Waals surface area contributed by atoms with Crippen molar-refractivity contribution in [1.29, 1.82) is 0 Å². The molecular weight excluding hydrogens is 311 g/mol. The van der Waals surface area contributed by atoms with Crippen LogP contribution < -0.4 is 4.72 Å². The van der Waals surface area contributed by atoms with Gasteiger partial charge in [0.25, 0.3) is 0 Å². The fourth-order valence-electron chi connectivity index (χ4n) is 1.34. The van der Waals surface area contributed by atoms with Gasteiger partial charge in [0, 0.05) is 25.8 Å². The maximum absolute atomic E-state index is 13.4. The van der Waals surface area contributed by atoms with E-state index < -0.39 is 50.0 Å². The number of carbonyl (C=O) groups is 1. The van der Waals surface area contributed by atoms with Crippen LogP contribution in [0.15, 0.2) is 23.1 Å². The average Bonchev–Trinajstić information content (AvgIpc) is 2.38. The number of nitrogens with zero attached hydrogens (tertiary/aromatic N) is 1. The number of hydrogen-bond acceptors (Lipinski definition) is 6. The van der Waals surface area contributed by atoms with Crippen LogP contribution in [0.5, 0.6) is 0 Å². The number of carboxylic acid groups (broad SMARTS) is 1. The number of nitro groups is 1. The Kier molecular flexibility index (Phi) is 5.29. The fourth-order valence-corrected chi connectivity index (χ4v) is 2.39. The molecule has 0 aliphatic carbocycles. The molecule has 116 valence electrons. The predicted octanol–water partition coefficient (Wildman–Crippen LogP) is 0.112. The zero-order chi connectivity index (χ0) is 16.2. The lowest BCUT2D eigenvalue weighted by molar-refractivity contribution is -0.387. The molecule has 0 saturated carbocycles. The number of aliphatic carboxylic acids is 1. The van der Waals surface area contributed by atoms with Crippen LogP contribution >= 0.6 is 0 Å². The Morgan fingerprint density at radius 1 is 1.57 bits per heavy atom. The lowest BCUT2D eigenvalue weighted by atomic mass is 10.3. The highest BCUT2D eigenvalue weighted by molar-refractivity contribution is 7.89. The van der Waals surface area contributed by atoms with E-state index in [9.17, 15) is 27.7 Å². The molecule has 1 atom stereocenters. The number of benzene rings is 1. The van der Waals surface area contributed by atoms with Crippen molar-refractivity contribution in [3.63, 3.8) is 0 Å². The maximum atomic E-state index is 13.4. The number of halogens is 1. The molecule has 2 N–H and O–H groups in total. The third-order valence-electron chi connectivity index (χ3n) is 2.44. The Hall–Kier alpha value is -2.11. The van der Waals surface area contributed by atoms with Gasteiger partial charge in [-0.25, -0.2) is 17.9 Å². The largest absolute Gasteiger partial charge is 0.479 e. The Morgan fingerprint density at radius 3 is 2.62 bits per heavy atom. The molecule has 0 saturated heterocycles. The number of rotatable bonds is 7. The van der Waals surface area contributed by atoms with Crippen LogP contribution in [-0.4, -0.2) is 44.2 Å². The molecule has 0 spiro atoms. The van der Waals surface area contributed by atoms with Gasteiger partial charge in [-0.2, -0.15) is 4.39 Å². The first-order chi connectivity index (χ1) is 9.69. The second kappa shape index (κ2) is 6.56. The summed E-state index contributed by atoms with van der Waals surface area (Å²) in [7, 11) is -3.14. The molecule has 0 aliphatic heterocycles. The molecule has 0 fully saturated rings. The molecular formula is C10H11FN2O7S. The first-order valence-corrected chi connectivity index (χ1v) is 6.86.